The number of aromatic hydroxyl groups is 1. The van der Waals surface area contributed by atoms with Gasteiger partial charge in [0.05, 0.1) is 0 Å². The Bertz CT molecular complexity index is 462. The minimum Gasteiger partial charge on any atom is -0.493 e. The predicted molar refractivity (Wildman–Crippen MR) is 53.2 cm³/mol. The Morgan fingerprint density at radius 3 is 2.85 bits per heavy atom. The summed E-state index contributed by atoms with van der Waals surface area (Å²) in [4.78, 5) is 3.75. The average Bonchev–Trinajstić information content (AvgIpc) is 2.02. The molecular weight excluding hydrogens is 186 g/mol. The molecule has 1 N–H and O–H groups in total. The lowest BCUT2D eigenvalue weighted by atomic mass is 10.1. The Kier molecular flexibility index (Phi) is 1.85. The summed E-state index contributed by atoms with van der Waals surface area (Å²) in [5, 5.41) is 11.4. The van der Waals surface area contributed by atoms with Crippen molar-refractivity contribution >= 4 is 22.4 Å². The molecule has 1 aromatic carbocycles. The fraction of sp³-hybridized carbons (Fsp3) is 0.100. The van der Waals surface area contributed by atoms with Crippen LogP contribution >= 0.6 is 11.6 Å². The number of aromatic nitrogens is 1. The third kappa shape index (κ3) is 1.45. The zero-order valence-electron chi connectivity index (χ0n) is 7.08. The molecule has 0 spiro atoms. The Balaban J connectivity index is 2.86. The van der Waals surface area contributed by atoms with Gasteiger partial charge in [-0.3, -0.25) is 0 Å². The van der Waals surface area contributed by atoms with Crippen molar-refractivity contribution in [2.24, 2.45) is 0 Å². The standard InChI is InChI=1S/C10H8ClNO/c1-6-2-3-8-7(4-6)5-9(11)12-10(8)13/h2-5H,1H3,(H,12,13). The number of pyridine rings is 1. The number of halogens is 1. The molecule has 2 rings (SSSR count). The van der Waals surface area contributed by atoms with Gasteiger partial charge in [0, 0.05) is 5.39 Å². The maximum atomic E-state index is 9.45. The minimum atomic E-state index is -0.0116. The Labute approximate surface area is 80.8 Å². The van der Waals surface area contributed by atoms with Crippen LogP contribution in [0.2, 0.25) is 5.15 Å². The molecule has 0 bridgehead atoms. The highest BCUT2D eigenvalue weighted by atomic mass is 35.5. The lowest BCUT2D eigenvalue weighted by molar-refractivity contribution is 0.460. The third-order valence-corrected chi connectivity index (χ3v) is 2.13. The summed E-state index contributed by atoms with van der Waals surface area (Å²) < 4.78 is 0. The van der Waals surface area contributed by atoms with E-state index in [1.165, 1.54) is 0 Å². The molecule has 0 saturated heterocycles. The molecule has 13 heavy (non-hydrogen) atoms. The van der Waals surface area contributed by atoms with Gasteiger partial charge in [-0.25, -0.2) is 4.98 Å². The predicted octanol–water partition coefficient (Wildman–Crippen LogP) is 2.90. The normalized spacial score (nSPS) is 10.6. The van der Waals surface area contributed by atoms with E-state index in [1.54, 1.807) is 6.07 Å². The lowest BCUT2D eigenvalue weighted by Crippen LogP contribution is -1.81. The van der Waals surface area contributed by atoms with E-state index in [4.69, 9.17) is 11.6 Å². The van der Waals surface area contributed by atoms with E-state index in [0.29, 0.717) is 5.15 Å². The van der Waals surface area contributed by atoms with E-state index in [9.17, 15) is 5.11 Å². The van der Waals surface area contributed by atoms with Crippen LogP contribution in [0, 0.1) is 6.92 Å². The van der Waals surface area contributed by atoms with Gasteiger partial charge in [0.15, 0.2) is 0 Å². The minimum absolute atomic E-state index is 0.0116. The first-order chi connectivity index (χ1) is 6.16. The molecule has 3 heteroatoms. The molecule has 2 nitrogen and oxygen atoms in total. The van der Waals surface area contributed by atoms with Crippen molar-refractivity contribution in [1.82, 2.24) is 4.98 Å². The summed E-state index contributed by atoms with van der Waals surface area (Å²) in [6.07, 6.45) is 0. The van der Waals surface area contributed by atoms with Gasteiger partial charge < -0.3 is 5.11 Å². The van der Waals surface area contributed by atoms with Gasteiger partial charge in [-0.05, 0) is 24.4 Å². The number of benzene rings is 1. The van der Waals surface area contributed by atoms with Crippen LogP contribution in [0.4, 0.5) is 0 Å². The van der Waals surface area contributed by atoms with E-state index in [2.05, 4.69) is 4.98 Å². The molecule has 0 aliphatic rings. The summed E-state index contributed by atoms with van der Waals surface area (Å²) in [6, 6.07) is 7.47. The van der Waals surface area contributed by atoms with Crippen LogP contribution in [0.3, 0.4) is 0 Å². The molecule has 0 saturated carbocycles. The number of fused-ring (bicyclic) bond motifs is 1. The lowest BCUT2D eigenvalue weighted by Gasteiger charge is -2.01. The maximum Gasteiger partial charge on any atom is 0.220 e. The van der Waals surface area contributed by atoms with Crippen LogP contribution in [0.1, 0.15) is 5.56 Å². The number of aryl methyl sites for hydroxylation is 1. The Morgan fingerprint density at radius 2 is 2.08 bits per heavy atom. The highest BCUT2D eigenvalue weighted by Crippen LogP contribution is 2.25. The third-order valence-electron chi connectivity index (χ3n) is 1.94. The van der Waals surface area contributed by atoms with Gasteiger partial charge in [0.1, 0.15) is 5.15 Å². The fourth-order valence-electron chi connectivity index (χ4n) is 1.33. The number of rotatable bonds is 0. The maximum absolute atomic E-state index is 9.45. The van der Waals surface area contributed by atoms with Gasteiger partial charge in [-0.2, -0.15) is 0 Å². The molecule has 0 radical (unpaired) electrons. The van der Waals surface area contributed by atoms with Crippen molar-refractivity contribution in [3.63, 3.8) is 0 Å². The number of hydrogen-bond acceptors (Lipinski definition) is 2. The first-order valence-corrected chi connectivity index (χ1v) is 4.30. The summed E-state index contributed by atoms with van der Waals surface area (Å²) in [5.74, 6) is -0.0116. The SMILES string of the molecule is Cc1ccc2c(O)nc(Cl)cc2c1. The van der Waals surface area contributed by atoms with Gasteiger partial charge in [0.25, 0.3) is 0 Å². The zero-order valence-corrected chi connectivity index (χ0v) is 7.84. The molecule has 0 fully saturated rings. The van der Waals surface area contributed by atoms with E-state index in [-0.39, 0.29) is 5.88 Å². The Morgan fingerprint density at radius 1 is 1.31 bits per heavy atom. The molecule has 0 aliphatic heterocycles. The van der Waals surface area contributed by atoms with E-state index >= 15 is 0 Å². The zero-order chi connectivity index (χ0) is 9.42. The summed E-state index contributed by atoms with van der Waals surface area (Å²) in [7, 11) is 0. The topological polar surface area (TPSA) is 33.1 Å². The second-order valence-electron chi connectivity index (χ2n) is 2.99. The monoisotopic (exact) mass is 193 g/mol. The van der Waals surface area contributed by atoms with Crippen molar-refractivity contribution < 1.29 is 5.11 Å². The summed E-state index contributed by atoms with van der Waals surface area (Å²) in [5.41, 5.74) is 1.13. The van der Waals surface area contributed by atoms with Crippen molar-refractivity contribution in [2.75, 3.05) is 0 Å². The molecule has 0 unspecified atom stereocenters. The highest BCUT2D eigenvalue weighted by Gasteiger charge is 2.02. The molecule has 1 aromatic heterocycles. The first-order valence-electron chi connectivity index (χ1n) is 3.93. The van der Waals surface area contributed by atoms with Crippen LogP contribution in [-0.2, 0) is 0 Å². The molecule has 66 valence electrons. The first kappa shape index (κ1) is 8.32. The number of nitrogens with zero attached hydrogens (tertiary/aromatic N) is 1. The van der Waals surface area contributed by atoms with Crippen LogP contribution in [0.5, 0.6) is 5.88 Å². The van der Waals surface area contributed by atoms with Crippen molar-refractivity contribution in [1.29, 1.82) is 0 Å². The van der Waals surface area contributed by atoms with E-state index < -0.39 is 0 Å². The number of hydrogen-bond donors (Lipinski definition) is 1. The smallest absolute Gasteiger partial charge is 0.220 e. The molecule has 0 amide bonds. The Hall–Kier alpha value is -1.28. The quantitative estimate of drug-likeness (QED) is 0.653. The van der Waals surface area contributed by atoms with E-state index in [0.717, 1.165) is 16.3 Å². The van der Waals surface area contributed by atoms with Gasteiger partial charge >= 0.3 is 0 Å². The van der Waals surface area contributed by atoms with Crippen molar-refractivity contribution in [2.45, 2.75) is 6.92 Å². The molecule has 0 aliphatic carbocycles. The molecular formula is C10H8ClNO. The second kappa shape index (κ2) is 2.89. The highest BCUT2D eigenvalue weighted by molar-refractivity contribution is 6.30. The van der Waals surface area contributed by atoms with Crippen LogP contribution < -0.4 is 0 Å². The van der Waals surface area contributed by atoms with Crippen molar-refractivity contribution in [3.8, 4) is 5.88 Å². The van der Waals surface area contributed by atoms with E-state index in [1.807, 2.05) is 25.1 Å². The van der Waals surface area contributed by atoms with Gasteiger partial charge in [-0.15, -0.1) is 0 Å². The van der Waals surface area contributed by atoms with Crippen LogP contribution in [0.15, 0.2) is 24.3 Å². The van der Waals surface area contributed by atoms with Gasteiger partial charge in [-0.1, -0.05) is 29.3 Å². The van der Waals surface area contributed by atoms with Gasteiger partial charge in [0.2, 0.25) is 5.88 Å². The van der Waals surface area contributed by atoms with Crippen LogP contribution in [0.25, 0.3) is 10.8 Å². The fourth-order valence-corrected chi connectivity index (χ4v) is 1.52. The largest absolute Gasteiger partial charge is 0.493 e. The summed E-state index contributed by atoms with van der Waals surface area (Å²) >= 11 is 5.71. The average molecular weight is 194 g/mol. The molecule has 1 heterocycles. The second-order valence-corrected chi connectivity index (χ2v) is 3.38. The summed E-state index contributed by atoms with van der Waals surface area (Å²) in [6.45, 7) is 1.99. The molecule has 0 atom stereocenters. The van der Waals surface area contributed by atoms with Crippen molar-refractivity contribution in [3.05, 3.63) is 35.0 Å². The van der Waals surface area contributed by atoms with Crippen LogP contribution in [-0.4, -0.2) is 10.1 Å². The molecule has 2 aromatic rings.